The van der Waals surface area contributed by atoms with Gasteiger partial charge in [0, 0.05) is 0 Å². The van der Waals surface area contributed by atoms with Crippen LogP contribution in [-0.2, 0) is 19.4 Å². The van der Waals surface area contributed by atoms with Gasteiger partial charge in [0.15, 0.2) is 9.84 Å². The molecule has 0 saturated carbocycles. The Balaban J connectivity index is 2.04. The van der Waals surface area contributed by atoms with Gasteiger partial charge in [0.1, 0.15) is 0 Å². The molecule has 2 aromatic rings. The van der Waals surface area contributed by atoms with Gasteiger partial charge >= 0.3 is 5.97 Å². The highest BCUT2D eigenvalue weighted by Crippen LogP contribution is 2.45. The zero-order valence-corrected chi connectivity index (χ0v) is 19.9. The molecular formula is C24H30O4SSi. The third-order valence-electron chi connectivity index (χ3n) is 6.13. The smallest absolute Gasteiger partial charge is 0.306 e. The highest BCUT2D eigenvalue weighted by molar-refractivity contribution is 7.92. The molecule has 0 heterocycles. The number of hydrogen-bond acceptors (Lipinski definition) is 4. The maximum Gasteiger partial charge on any atom is 0.306 e. The van der Waals surface area contributed by atoms with E-state index in [0.717, 1.165) is 5.56 Å². The van der Waals surface area contributed by atoms with Crippen molar-refractivity contribution in [2.75, 3.05) is 6.61 Å². The van der Waals surface area contributed by atoms with E-state index in [1.54, 1.807) is 25.1 Å². The minimum absolute atomic E-state index is 0.156. The van der Waals surface area contributed by atoms with Crippen molar-refractivity contribution in [3.05, 3.63) is 72.3 Å². The molecule has 6 heteroatoms. The van der Waals surface area contributed by atoms with Crippen LogP contribution in [0, 0.1) is 12.8 Å². The molecule has 0 unspecified atom stereocenters. The Kier molecular flexibility index (Phi) is 6.67. The van der Waals surface area contributed by atoms with Gasteiger partial charge in [0.25, 0.3) is 0 Å². The molecule has 2 aromatic carbocycles. The summed E-state index contributed by atoms with van der Waals surface area (Å²) < 4.78 is 32.5. The molecule has 4 nitrogen and oxygen atoms in total. The van der Waals surface area contributed by atoms with E-state index in [1.165, 1.54) is 5.19 Å². The summed E-state index contributed by atoms with van der Waals surface area (Å²) in [6, 6.07) is 17.2. The van der Waals surface area contributed by atoms with Crippen LogP contribution in [0.15, 0.2) is 71.6 Å². The molecule has 30 heavy (non-hydrogen) atoms. The summed E-state index contributed by atoms with van der Waals surface area (Å²) in [4.78, 5) is 12.6. The Labute approximate surface area is 180 Å². The lowest BCUT2D eigenvalue weighted by atomic mass is 10.0. The summed E-state index contributed by atoms with van der Waals surface area (Å²) in [7, 11) is -5.85. The molecule has 0 bridgehead atoms. The van der Waals surface area contributed by atoms with Crippen LogP contribution in [0.5, 0.6) is 0 Å². The average Bonchev–Trinajstić information content (AvgIpc) is 3.14. The van der Waals surface area contributed by atoms with E-state index in [2.05, 4.69) is 25.2 Å². The van der Waals surface area contributed by atoms with Crippen molar-refractivity contribution in [2.24, 2.45) is 5.92 Å². The Bertz CT molecular complexity index is 1010. The second kappa shape index (κ2) is 8.90. The van der Waals surface area contributed by atoms with Gasteiger partial charge in [0.05, 0.1) is 31.2 Å². The van der Waals surface area contributed by atoms with Crippen molar-refractivity contribution < 1.29 is 17.9 Å². The monoisotopic (exact) mass is 442 g/mol. The predicted octanol–water partition coefficient (Wildman–Crippen LogP) is 4.26. The highest BCUT2D eigenvalue weighted by atomic mass is 32.2. The first-order valence-electron chi connectivity index (χ1n) is 10.4. The summed E-state index contributed by atoms with van der Waals surface area (Å²) in [5, 5.41) is 0.540. The fourth-order valence-corrected chi connectivity index (χ4v) is 11.5. The van der Waals surface area contributed by atoms with E-state index in [0.29, 0.717) is 11.5 Å². The third-order valence-corrected chi connectivity index (χ3v) is 12.7. The van der Waals surface area contributed by atoms with Crippen LogP contribution < -0.4 is 5.19 Å². The fraction of sp³-hybridized carbons (Fsp3) is 0.375. The Morgan fingerprint density at radius 3 is 2.23 bits per heavy atom. The minimum Gasteiger partial charge on any atom is -0.466 e. The van der Waals surface area contributed by atoms with Crippen LogP contribution in [0.3, 0.4) is 0 Å². The third kappa shape index (κ3) is 4.44. The number of carbonyl (C=O) groups is 1. The van der Waals surface area contributed by atoms with Gasteiger partial charge in [-0.05, 0) is 37.4 Å². The molecule has 1 aliphatic rings. The van der Waals surface area contributed by atoms with E-state index in [4.69, 9.17) is 4.74 Å². The summed E-state index contributed by atoms with van der Waals surface area (Å²) in [6.07, 6.45) is 3.94. The molecule has 0 aliphatic heterocycles. The molecule has 0 saturated heterocycles. The Morgan fingerprint density at radius 2 is 1.63 bits per heavy atom. The summed E-state index contributed by atoms with van der Waals surface area (Å²) >= 11 is 0. The average molecular weight is 443 g/mol. The first kappa shape index (κ1) is 22.5. The number of benzene rings is 2. The lowest BCUT2D eigenvalue weighted by Gasteiger charge is -2.38. The van der Waals surface area contributed by atoms with Crippen LogP contribution in [0.2, 0.25) is 18.6 Å². The van der Waals surface area contributed by atoms with Crippen LogP contribution in [0.4, 0.5) is 0 Å². The van der Waals surface area contributed by atoms with Crippen molar-refractivity contribution in [1.82, 2.24) is 0 Å². The maximum absolute atomic E-state index is 13.6. The molecule has 0 fully saturated rings. The fourth-order valence-electron chi connectivity index (χ4n) is 4.53. The van der Waals surface area contributed by atoms with E-state index in [9.17, 15) is 13.2 Å². The Morgan fingerprint density at radius 1 is 1.00 bits per heavy atom. The second-order valence-electron chi connectivity index (χ2n) is 8.49. The largest absolute Gasteiger partial charge is 0.466 e. The number of carbonyl (C=O) groups excluding carboxylic acids is 1. The predicted molar refractivity (Wildman–Crippen MR) is 123 cm³/mol. The van der Waals surface area contributed by atoms with Crippen molar-refractivity contribution >= 4 is 29.1 Å². The molecule has 3 rings (SSSR count). The van der Waals surface area contributed by atoms with Crippen LogP contribution in [0.1, 0.15) is 18.9 Å². The van der Waals surface area contributed by atoms with Crippen molar-refractivity contribution in [3.8, 4) is 0 Å². The topological polar surface area (TPSA) is 60.4 Å². The number of aryl methyl sites for hydroxylation is 1. The van der Waals surface area contributed by atoms with Crippen LogP contribution in [0.25, 0.3) is 0 Å². The van der Waals surface area contributed by atoms with E-state index in [1.807, 2.05) is 43.3 Å². The summed E-state index contributed by atoms with van der Waals surface area (Å²) in [5.74, 6) is -0.431. The normalized spacial score (nSPS) is 21.5. The second-order valence-corrected chi connectivity index (χ2v) is 15.3. The molecule has 3 atom stereocenters. The lowest BCUT2D eigenvalue weighted by molar-refractivity contribution is -0.143. The molecule has 0 spiro atoms. The molecule has 0 aromatic heterocycles. The van der Waals surface area contributed by atoms with Crippen LogP contribution >= 0.6 is 0 Å². The number of rotatable bonds is 7. The maximum atomic E-state index is 13.6. The van der Waals surface area contributed by atoms with Gasteiger partial charge in [0.2, 0.25) is 0 Å². The van der Waals surface area contributed by atoms with Gasteiger partial charge in [-0.2, -0.15) is 0 Å². The van der Waals surface area contributed by atoms with Gasteiger partial charge < -0.3 is 4.74 Å². The molecular weight excluding hydrogens is 412 g/mol. The minimum atomic E-state index is -3.58. The molecule has 0 radical (unpaired) electrons. The number of sulfone groups is 1. The molecule has 160 valence electrons. The standard InChI is InChI=1S/C24H30O4SSi/c1-5-28-23(25)17-19-13-16-22(29(26,27)20-14-11-18(2)12-15-20)24(19)30(3,4)21-9-7-6-8-10-21/h6-16,19,22,24H,5,17H2,1-4H3/t19-,22-,24-/m1/s1. The zero-order chi connectivity index (χ0) is 21.9. The lowest BCUT2D eigenvalue weighted by Crippen LogP contribution is -2.52. The zero-order valence-electron chi connectivity index (χ0n) is 18.0. The molecule has 0 N–H and O–H groups in total. The van der Waals surface area contributed by atoms with Crippen molar-refractivity contribution in [2.45, 2.75) is 49.0 Å². The van der Waals surface area contributed by atoms with Gasteiger partial charge in [-0.15, -0.1) is 0 Å². The van der Waals surface area contributed by atoms with Crippen LogP contribution in [-0.4, -0.2) is 34.3 Å². The Hall–Kier alpha value is -2.18. The molecule has 1 aliphatic carbocycles. The summed E-state index contributed by atoms with van der Waals surface area (Å²) in [5.41, 5.74) is 0.863. The van der Waals surface area contributed by atoms with Crippen molar-refractivity contribution in [1.29, 1.82) is 0 Å². The number of ether oxygens (including phenoxy) is 1. The SMILES string of the molecule is CCOC(=O)C[C@H]1C=C[C@@H](S(=O)(=O)c2ccc(C)cc2)[C@@H]1[Si](C)(C)c1ccccc1. The van der Waals surface area contributed by atoms with Gasteiger partial charge in [-0.3, -0.25) is 4.79 Å². The number of allylic oxidation sites excluding steroid dienone is 1. The number of hydrogen-bond donors (Lipinski definition) is 0. The van der Waals surface area contributed by atoms with E-state index < -0.39 is 23.2 Å². The van der Waals surface area contributed by atoms with E-state index >= 15 is 0 Å². The first-order chi connectivity index (χ1) is 14.2. The highest BCUT2D eigenvalue weighted by Gasteiger charge is 2.50. The van der Waals surface area contributed by atoms with Crippen molar-refractivity contribution in [3.63, 3.8) is 0 Å². The van der Waals surface area contributed by atoms with Gasteiger partial charge in [-0.1, -0.05) is 78.5 Å². The molecule has 0 amide bonds. The van der Waals surface area contributed by atoms with Gasteiger partial charge in [-0.25, -0.2) is 8.42 Å². The summed E-state index contributed by atoms with van der Waals surface area (Å²) in [6.45, 7) is 8.46. The number of esters is 1. The van der Waals surface area contributed by atoms with E-state index in [-0.39, 0.29) is 23.8 Å². The first-order valence-corrected chi connectivity index (χ1v) is 15.0. The quantitative estimate of drug-likeness (QED) is 0.365.